The number of hydrogen-bond donors (Lipinski definition) is 3. The summed E-state index contributed by atoms with van der Waals surface area (Å²) in [6.07, 6.45) is 0. The number of phenolic OH excluding ortho intramolecular Hbond substituents is 1. The van der Waals surface area contributed by atoms with Gasteiger partial charge in [0.2, 0.25) is 0 Å². The molecule has 0 radical (unpaired) electrons. The zero-order valence-corrected chi connectivity index (χ0v) is 11.1. The van der Waals surface area contributed by atoms with Gasteiger partial charge in [-0.2, -0.15) is 0 Å². The van der Waals surface area contributed by atoms with Gasteiger partial charge in [-0.05, 0) is 36.8 Å². The van der Waals surface area contributed by atoms with E-state index < -0.39 is 0 Å². The number of carbonyl (C=O) groups excluding carboxylic acids is 1. The Morgan fingerprint density at radius 3 is 2.80 bits per heavy atom. The Labute approximate surface area is 117 Å². The fraction of sp³-hybridized carbons (Fsp3) is 0.133. The number of carbonyl (C=O) groups is 1. The number of para-hydroxylation sites is 1. The molecule has 0 saturated heterocycles. The molecule has 0 aliphatic heterocycles. The molecule has 2 aromatic carbocycles. The van der Waals surface area contributed by atoms with Crippen LogP contribution in [-0.2, 0) is 4.79 Å². The van der Waals surface area contributed by atoms with Gasteiger partial charge in [0, 0.05) is 5.69 Å². The number of nitrogens with one attached hydrogen (secondary N) is 1. The SMILES string of the molecule is Cc1cccc(NC(=O)COc2cccc(O)c2N)c1. The number of aryl methyl sites for hydroxylation is 1. The second kappa shape index (κ2) is 5.97. The van der Waals surface area contributed by atoms with Crippen LogP contribution in [-0.4, -0.2) is 17.6 Å². The van der Waals surface area contributed by atoms with Crippen molar-refractivity contribution >= 4 is 17.3 Å². The Balaban J connectivity index is 1.94. The van der Waals surface area contributed by atoms with Gasteiger partial charge in [0.25, 0.3) is 5.91 Å². The lowest BCUT2D eigenvalue weighted by Crippen LogP contribution is -2.20. The van der Waals surface area contributed by atoms with Crippen molar-refractivity contribution in [3.63, 3.8) is 0 Å². The summed E-state index contributed by atoms with van der Waals surface area (Å²) < 4.78 is 5.28. The first-order chi connectivity index (χ1) is 9.56. The van der Waals surface area contributed by atoms with E-state index in [1.807, 2.05) is 25.1 Å². The summed E-state index contributed by atoms with van der Waals surface area (Å²) in [5.74, 6) is -0.0793. The maximum Gasteiger partial charge on any atom is 0.262 e. The zero-order valence-electron chi connectivity index (χ0n) is 11.1. The van der Waals surface area contributed by atoms with E-state index in [9.17, 15) is 9.90 Å². The minimum Gasteiger partial charge on any atom is -0.506 e. The number of nitrogens with two attached hydrogens (primary N) is 1. The number of hydrogen-bond acceptors (Lipinski definition) is 4. The summed E-state index contributed by atoms with van der Waals surface area (Å²) in [7, 11) is 0. The van der Waals surface area contributed by atoms with Gasteiger partial charge in [-0.3, -0.25) is 4.79 Å². The van der Waals surface area contributed by atoms with Crippen LogP contribution in [0.5, 0.6) is 11.5 Å². The van der Waals surface area contributed by atoms with Crippen molar-refractivity contribution in [1.82, 2.24) is 0 Å². The summed E-state index contributed by atoms with van der Waals surface area (Å²) in [6.45, 7) is 1.77. The Morgan fingerprint density at radius 2 is 2.05 bits per heavy atom. The predicted octanol–water partition coefficient (Wildman–Crippen LogP) is 2.30. The third-order valence-corrected chi connectivity index (χ3v) is 2.70. The second-order valence-corrected chi connectivity index (χ2v) is 4.40. The molecule has 0 aromatic heterocycles. The molecule has 2 aromatic rings. The standard InChI is InChI=1S/C15H16N2O3/c1-10-4-2-5-11(8-10)17-14(19)9-20-13-7-3-6-12(18)15(13)16/h2-8,18H,9,16H2,1H3,(H,17,19). The van der Waals surface area contributed by atoms with Crippen LogP contribution in [0.3, 0.4) is 0 Å². The molecule has 0 atom stereocenters. The van der Waals surface area contributed by atoms with Crippen LogP contribution in [0.4, 0.5) is 11.4 Å². The smallest absolute Gasteiger partial charge is 0.262 e. The van der Waals surface area contributed by atoms with Gasteiger partial charge >= 0.3 is 0 Å². The van der Waals surface area contributed by atoms with Crippen molar-refractivity contribution in [2.45, 2.75) is 6.92 Å². The molecule has 4 N–H and O–H groups in total. The summed E-state index contributed by atoms with van der Waals surface area (Å²) >= 11 is 0. The molecule has 0 fully saturated rings. The van der Waals surface area contributed by atoms with E-state index in [-0.39, 0.29) is 29.7 Å². The van der Waals surface area contributed by atoms with Gasteiger partial charge in [-0.15, -0.1) is 0 Å². The van der Waals surface area contributed by atoms with Gasteiger partial charge in [-0.25, -0.2) is 0 Å². The van der Waals surface area contributed by atoms with Gasteiger partial charge < -0.3 is 20.9 Å². The number of rotatable bonds is 4. The lowest BCUT2D eigenvalue weighted by molar-refractivity contribution is -0.118. The maximum atomic E-state index is 11.8. The Hall–Kier alpha value is -2.69. The number of benzene rings is 2. The van der Waals surface area contributed by atoms with Crippen LogP contribution < -0.4 is 15.8 Å². The lowest BCUT2D eigenvalue weighted by Gasteiger charge is -2.10. The minimum atomic E-state index is -0.293. The Morgan fingerprint density at radius 1 is 1.30 bits per heavy atom. The molecular weight excluding hydrogens is 256 g/mol. The number of ether oxygens (including phenoxy) is 1. The normalized spacial score (nSPS) is 10.1. The number of anilines is 2. The fourth-order valence-corrected chi connectivity index (χ4v) is 1.72. The van der Waals surface area contributed by atoms with E-state index in [1.54, 1.807) is 18.2 Å². The van der Waals surface area contributed by atoms with Crippen LogP contribution in [0.15, 0.2) is 42.5 Å². The average Bonchev–Trinajstić information content (AvgIpc) is 2.40. The molecule has 0 unspecified atom stereocenters. The van der Waals surface area contributed by atoms with Crippen molar-refractivity contribution in [1.29, 1.82) is 0 Å². The Bertz CT molecular complexity index is 626. The quantitative estimate of drug-likeness (QED) is 0.589. The zero-order chi connectivity index (χ0) is 14.5. The van der Waals surface area contributed by atoms with Crippen molar-refractivity contribution in [3.05, 3.63) is 48.0 Å². The van der Waals surface area contributed by atoms with E-state index in [1.165, 1.54) is 6.07 Å². The average molecular weight is 272 g/mol. The summed E-state index contributed by atoms with van der Waals surface area (Å²) in [5.41, 5.74) is 7.52. The van der Waals surface area contributed by atoms with Crippen LogP contribution in [0.25, 0.3) is 0 Å². The van der Waals surface area contributed by atoms with Crippen LogP contribution in [0, 0.1) is 6.92 Å². The van der Waals surface area contributed by atoms with Gasteiger partial charge in [0.1, 0.15) is 17.2 Å². The van der Waals surface area contributed by atoms with Crippen molar-refractivity contribution in [2.75, 3.05) is 17.7 Å². The topological polar surface area (TPSA) is 84.6 Å². The largest absolute Gasteiger partial charge is 0.506 e. The molecule has 0 saturated carbocycles. The lowest BCUT2D eigenvalue weighted by atomic mass is 10.2. The third kappa shape index (κ3) is 3.41. The summed E-state index contributed by atoms with van der Waals surface area (Å²) in [5, 5.41) is 12.1. The first-order valence-corrected chi connectivity index (χ1v) is 6.13. The predicted molar refractivity (Wildman–Crippen MR) is 77.8 cm³/mol. The molecule has 5 heteroatoms. The molecular formula is C15H16N2O3. The van der Waals surface area contributed by atoms with Crippen LogP contribution in [0.2, 0.25) is 0 Å². The molecule has 20 heavy (non-hydrogen) atoms. The number of aromatic hydroxyl groups is 1. The van der Waals surface area contributed by atoms with Gasteiger partial charge in [-0.1, -0.05) is 18.2 Å². The third-order valence-electron chi connectivity index (χ3n) is 2.70. The summed E-state index contributed by atoms with van der Waals surface area (Å²) in [6, 6.07) is 12.1. The molecule has 104 valence electrons. The van der Waals surface area contributed by atoms with E-state index >= 15 is 0 Å². The van der Waals surface area contributed by atoms with E-state index in [4.69, 9.17) is 10.5 Å². The maximum absolute atomic E-state index is 11.8. The number of nitrogen functional groups attached to an aromatic ring is 1. The van der Waals surface area contributed by atoms with Crippen molar-refractivity contribution in [2.24, 2.45) is 0 Å². The minimum absolute atomic E-state index is 0.0680. The molecule has 0 spiro atoms. The van der Waals surface area contributed by atoms with E-state index in [0.717, 1.165) is 5.56 Å². The molecule has 0 aliphatic carbocycles. The van der Waals surface area contributed by atoms with Crippen LogP contribution in [0.1, 0.15) is 5.56 Å². The number of phenols is 1. The first kappa shape index (κ1) is 13.7. The van der Waals surface area contributed by atoms with E-state index in [2.05, 4.69) is 5.32 Å². The highest BCUT2D eigenvalue weighted by atomic mass is 16.5. The first-order valence-electron chi connectivity index (χ1n) is 6.13. The Kier molecular flexibility index (Phi) is 4.10. The second-order valence-electron chi connectivity index (χ2n) is 4.40. The highest BCUT2D eigenvalue weighted by molar-refractivity contribution is 5.92. The highest BCUT2D eigenvalue weighted by Gasteiger charge is 2.08. The number of amides is 1. The summed E-state index contributed by atoms with van der Waals surface area (Å²) in [4.78, 5) is 11.8. The van der Waals surface area contributed by atoms with Crippen molar-refractivity contribution < 1.29 is 14.6 Å². The molecule has 0 bridgehead atoms. The highest BCUT2D eigenvalue weighted by Crippen LogP contribution is 2.29. The molecule has 5 nitrogen and oxygen atoms in total. The van der Waals surface area contributed by atoms with Crippen molar-refractivity contribution in [3.8, 4) is 11.5 Å². The van der Waals surface area contributed by atoms with Crippen LogP contribution >= 0.6 is 0 Å². The van der Waals surface area contributed by atoms with Gasteiger partial charge in [0.15, 0.2) is 6.61 Å². The molecule has 0 heterocycles. The molecule has 1 amide bonds. The molecule has 0 aliphatic rings. The fourth-order valence-electron chi connectivity index (χ4n) is 1.72. The monoisotopic (exact) mass is 272 g/mol. The van der Waals surface area contributed by atoms with Gasteiger partial charge in [0.05, 0.1) is 0 Å². The molecule has 2 rings (SSSR count). The van der Waals surface area contributed by atoms with E-state index in [0.29, 0.717) is 5.69 Å².